The summed E-state index contributed by atoms with van der Waals surface area (Å²) in [7, 11) is 0. The van der Waals surface area contributed by atoms with Crippen molar-refractivity contribution in [1.29, 1.82) is 0 Å². The minimum atomic E-state index is -0.317. The molecule has 7 aromatic carbocycles. The van der Waals surface area contributed by atoms with E-state index in [4.69, 9.17) is 15.0 Å². The Morgan fingerprint density at radius 2 is 1.32 bits per heavy atom. The fourth-order valence-electron chi connectivity index (χ4n) is 7.74. The van der Waals surface area contributed by atoms with Gasteiger partial charge in [-0.3, -0.25) is 15.0 Å². The zero-order valence-corrected chi connectivity index (χ0v) is 34.5. The summed E-state index contributed by atoms with van der Waals surface area (Å²) in [5.74, 6) is 0.442. The van der Waals surface area contributed by atoms with Gasteiger partial charge in [0.15, 0.2) is 0 Å². The molecule has 3 nitrogen and oxygen atoms in total. The third kappa shape index (κ3) is 6.79. The summed E-state index contributed by atoms with van der Waals surface area (Å²) in [5.41, 5.74) is 14.7. The number of thiazole rings is 1. The van der Waals surface area contributed by atoms with Crippen molar-refractivity contribution in [2.75, 3.05) is 0 Å². The molecule has 0 saturated carbocycles. The molecule has 2 heterocycles. The maximum atomic E-state index is 14.1. The fourth-order valence-corrected chi connectivity index (χ4v) is 8.68. The Hall–Kier alpha value is -5.65. The summed E-state index contributed by atoms with van der Waals surface area (Å²) in [5, 5.41) is 2.06. The van der Waals surface area contributed by atoms with Gasteiger partial charge < -0.3 is 0 Å². The van der Waals surface area contributed by atoms with Crippen LogP contribution < -0.4 is 0 Å². The number of benzene rings is 7. The van der Waals surface area contributed by atoms with Crippen LogP contribution in [0, 0.1) is 31.8 Å². The van der Waals surface area contributed by atoms with E-state index < -0.39 is 0 Å². The molecule has 9 aromatic rings. The van der Waals surface area contributed by atoms with Crippen molar-refractivity contribution in [3.63, 3.8) is 0 Å². The van der Waals surface area contributed by atoms with Gasteiger partial charge in [-0.2, -0.15) is 11.3 Å². The molecule has 0 atom stereocenters. The Kier molecular flexibility index (Phi) is 10.1. The number of halogens is 1. The number of rotatable bonds is 4. The van der Waals surface area contributed by atoms with Gasteiger partial charge in [0.05, 0.1) is 22.6 Å². The Balaban J connectivity index is 0.000000172. The molecular formula is C50H36FIrN3S-2. The minimum Gasteiger partial charge on any atom is -0.285 e. The first-order chi connectivity index (χ1) is 26.7. The number of hydrogen-bond donors (Lipinski definition) is 0. The monoisotopic (exact) mass is 922 g/mol. The van der Waals surface area contributed by atoms with Crippen LogP contribution in [0.3, 0.4) is 0 Å². The number of para-hydroxylation sites is 2. The maximum absolute atomic E-state index is 14.1. The fraction of sp³-hybridized carbons (Fsp3) is 0.100. The van der Waals surface area contributed by atoms with E-state index in [1.54, 1.807) is 17.4 Å². The van der Waals surface area contributed by atoms with Crippen LogP contribution in [-0.2, 0) is 25.5 Å². The van der Waals surface area contributed by atoms with E-state index in [1.165, 1.54) is 33.0 Å². The van der Waals surface area contributed by atoms with Gasteiger partial charge in [-0.25, -0.2) is 4.39 Å². The summed E-state index contributed by atoms with van der Waals surface area (Å²) in [6, 6.07) is 55.3. The van der Waals surface area contributed by atoms with Crippen molar-refractivity contribution in [2.24, 2.45) is 0 Å². The summed E-state index contributed by atoms with van der Waals surface area (Å²) in [4.78, 5) is 14.7. The second-order valence-electron chi connectivity index (χ2n) is 14.5. The maximum Gasteiger partial charge on any atom is 0.123 e. The smallest absolute Gasteiger partial charge is 0.123 e. The number of fused-ring (bicyclic) bond motifs is 5. The van der Waals surface area contributed by atoms with E-state index in [-0.39, 0.29) is 31.3 Å². The van der Waals surface area contributed by atoms with Crippen LogP contribution in [0.1, 0.15) is 36.1 Å². The van der Waals surface area contributed by atoms with Crippen LogP contribution in [0.5, 0.6) is 0 Å². The van der Waals surface area contributed by atoms with Gasteiger partial charge in [-0.1, -0.05) is 110 Å². The van der Waals surface area contributed by atoms with E-state index in [1.807, 2.05) is 54.6 Å². The van der Waals surface area contributed by atoms with Crippen molar-refractivity contribution in [3.8, 4) is 55.5 Å². The molecule has 1 aliphatic rings. The zero-order chi connectivity index (χ0) is 37.7. The molecule has 0 aliphatic heterocycles. The molecular weight excluding hydrogens is 886 g/mol. The normalized spacial score (nSPS) is 12.4. The molecule has 0 fully saturated rings. The average Bonchev–Trinajstić information content (AvgIpc) is 3.74. The predicted molar refractivity (Wildman–Crippen MR) is 226 cm³/mol. The molecule has 0 saturated heterocycles. The van der Waals surface area contributed by atoms with E-state index in [2.05, 4.69) is 119 Å². The first kappa shape index (κ1) is 37.3. The summed E-state index contributed by atoms with van der Waals surface area (Å²) in [6.45, 7) is 8.53. The van der Waals surface area contributed by atoms with Gasteiger partial charge in [-0.05, 0) is 71.8 Å². The van der Waals surface area contributed by atoms with Gasteiger partial charge in [0, 0.05) is 40.8 Å². The van der Waals surface area contributed by atoms with Crippen molar-refractivity contribution >= 4 is 32.5 Å². The van der Waals surface area contributed by atoms with Crippen LogP contribution in [0.25, 0.3) is 76.6 Å². The van der Waals surface area contributed by atoms with Crippen molar-refractivity contribution in [3.05, 3.63) is 186 Å². The zero-order valence-electron chi connectivity index (χ0n) is 31.3. The summed E-state index contributed by atoms with van der Waals surface area (Å²) < 4.78 is 15.3. The van der Waals surface area contributed by atoms with Crippen LogP contribution in [0.2, 0.25) is 0 Å². The van der Waals surface area contributed by atoms with Crippen LogP contribution in [0.4, 0.5) is 4.39 Å². The third-order valence-corrected chi connectivity index (χ3v) is 11.6. The van der Waals surface area contributed by atoms with E-state index in [9.17, 15) is 4.39 Å². The van der Waals surface area contributed by atoms with Gasteiger partial charge in [0.2, 0.25) is 0 Å². The quantitative estimate of drug-likeness (QED) is 0.165. The van der Waals surface area contributed by atoms with E-state index >= 15 is 0 Å². The van der Waals surface area contributed by atoms with Gasteiger partial charge >= 0.3 is 0 Å². The van der Waals surface area contributed by atoms with E-state index in [0.29, 0.717) is 5.82 Å². The predicted octanol–water partition coefficient (Wildman–Crippen LogP) is 13.3. The third-order valence-electron chi connectivity index (χ3n) is 10.6. The van der Waals surface area contributed by atoms with Crippen molar-refractivity contribution in [1.82, 2.24) is 15.0 Å². The molecule has 0 unspecified atom stereocenters. The largest absolute Gasteiger partial charge is 0.285 e. The topological polar surface area (TPSA) is 38.7 Å². The Morgan fingerprint density at radius 3 is 2.11 bits per heavy atom. The second kappa shape index (κ2) is 15.1. The summed E-state index contributed by atoms with van der Waals surface area (Å²) in [6.07, 6.45) is 0. The van der Waals surface area contributed by atoms with Crippen LogP contribution in [0.15, 0.2) is 146 Å². The number of aryl methyl sites for hydroxylation is 2. The van der Waals surface area contributed by atoms with Gasteiger partial charge in [0.25, 0.3) is 0 Å². The molecule has 0 amide bonds. The molecule has 1 aliphatic carbocycles. The molecule has 0 spiro atoms. The van der Waals surface area contributed by atoms with Crippen molar-refractivity contribution < 1.29 is 24.5 Å². The van der Waals surface area contributed by atoms with Crippen LogP contribution >= 0.6 is 11.3 Å². The Morgan fingerprint density at radius 1 is 0.607 bits per heavy atom. The van der Waals surface area contributed by atoms with Gasteiger partial charge in [-0.15, -0.1) is 64.7 Å². The Labute approximate surface area is 344 Å². The summed E-state index contributed by atoms with van der Waals surface area (Å²) >= 11 is 1.71. The standard InChI is InChI=1S/C31H24FN2.C19H12NS.Ir/c1-18-8-7-9-19(2)28(18)29-24-10-5-6-11-27(24)33-30(34-29)20-12-14-22-23-15-13-21(32)17-26(23)31(3,4)25(22)16-20;1-2-7-14(8-3-1)15-9-6-10-16(13-15)19-20-17-11-4-5-12-18(17)21-19;/h5-11,13-17H,1-4H3;1-9,11-13H;/q2*-1;. The van der Waals surface area contributed by atoms with Crippen LogP contribution in [-0.4, -0.2) is 15.0 Å². The molecule has 2 aromatic heterocycles. The minimum absolute atomic E-state index is 0. The molecule has 275 valence electrons. The Bertz CT molecular complexity index is 2850. The SMILES string of the molecule is Cc1cccc(C)c1-c1nc(-c2[c-]cc3c(c2)C(C)(C)c2cc(F)ccc2-3)nc2ccccc12.[Ir].[c-]1ccc(-c2ccccc2)cc1-c1nc2ccccc2s1. The molecule has 6 heteroatoms. The van der Waals surface area contributed by atoms with Gasteiger partial charge in [0.1, 0.15) is 5.82 Å². The van der Waals surface area contributed by atoms with Crippen molar-refractivity contribution in [2.45, 2.75) is 33.1 Å². The molecule has 10 rings (SSSR count). The second-order valence-corrected chi connectivity index (χ2v) is 15.5. The first-order valence-electron chi connectivity index (χ1n) is 18.4. The molecule has 56 heavy (non-hydrogen) atoms. The number of hydrogen-bond acceptors (Lipinski definition) is 4. The molecule has 1 radical (unpaired) electrons. The first-order valence-corrected chi connectivity index (χ1v) is 19.2. The number of nitrogens with zero attached hydrogens (tertiary/aromatic N) is 3. The molecule has 0 bridgehead atoms. The van der Waals surface area contributed by atoms with E-state index in [0.717, 1.165) is 66.1 Å². The number of aromatic nitrogens is 3. The molecule has 0 N–H and O–H groups in total. The average molecular weight is 922 g/mol.